The summed E-state index contributed by atoms with van der Waals surface area (Å²) in [6, 6.07) is 0. The minimum absolute atomic E-state index is 0. The van der Waals surface area contributed by atoms with E-state index in [9.17, 15) is 0 Å². The van der Waals surface area contributed by atoms with Gasteiger partial charge in [0.15, 0.2) is 0 Å². The molecular weight excluding hydrogens is 154 g/mol. The Morgan fingerprint density at radius 3 is 0.286 bits per heavy atom. The maximum Gasteiger partial charge on any atom is 2.00 e. The van der Waals surface area contributed by atoms with E-state index in [-0.39, 0.29) is 66.0 Å². The van der Waals surface area contributed by atoms with Crippen LogP contribution in [0.1, 0.15) is 0 Å². The van der Waals surface area contributed by atoms with Gasteiger partial charge in [-0.1, -0.05) is 0 Å². The van der Waals surface area contributed by atoms with E-state index < -0.39 is 0 Å². The van der Waals surface area contributed by atoms with Crippen LogP contribution >= 0.6 is 0 Å². The molecule has 0 aliphatic rings. The molecule has 0 atom stereocenters. The van der Waals surface area contributed by atoms with E-state index in [4.69, 9.17) is 0 Å². The first-order valence-corrected chi connectivity index (χ1v) is 0. The van der Waals surface area contributed by atoms with Crippen LogP contribution in [0, 0.1) is 0 Å². The van der Waals surface area contributed by atoms with Crippen LogP contribution in [0.2, 0.25) is 0 Å². The zero-order valence-electron chi connectivity index (χ0n) is 2.97. The molecule has 0 heterocycles. The van der Waals surface area contributed by atoms with E-state index >= 15 is 0 Å². The summed E-state index contributed by atoms with van der Waals surface area (Å²) >= 11 is 0. The largest absolute Gasteiger partial charge is 2.00 e. The topological polar surface area (TPSA) is 0 Å². The first-order valence-electron chi connectivity index (χ1n) is 0. The third kappa shape index (κ3) is 227. The van der Waals surface area contributed by atoms with Gasteiger partial charge in [-0.25, -0.2) is 0 Å². The van der Waals surface area contributed by atoms with Gasteiger partial charge in [0.25, 0.3) is 0 Å². The molecule has 0 saturated heterocycles. The Labute approximate surface area is 65.9 Å². The van der Waals surface area contributed by atoms with E-state index in [0.717, 1.165) is 0 Å². The zero-order chi connectivity index (χ0) is 0. The fraction of sp³-hybridized carbons (Fsp3) is 0. The molecule has 0 aromatic heterocycles. The minimum atomic E-state index is 0. The summed E-state index contributed by atoms with van der Waals surface area (Å²) in [5.74, 6) is 0. The van der Waals surface area contributed by atoms with Gasteiger partial charge in [0.1, 0.15) is 0 Å². The Morgan fingerprint density at radius 1 is 0.286 bits per heavy atom. The molecular formula is CaF6-4. The second-order valence-corrected chi connectivity index (χ2v) is 0. The normalized spacial score (nSPS) is 0. The van der Waals surface area contributed by atoms with E-state index in [0.29, 0.717) is 0 Å². The van der Waals surface area contributed by atoms with Crippen molar-refractivity contribution in [3.63, 3.8) is 0 Å². The molecule has 48 valence electrons. The second kappa shape index (κ2) is 331. The quantitative estimate of drug-likeness (QED) is 0.240. The summed E-state index contributed by atoms with van der Waals surface area (Å²) in [5.41, 5.74) is 0. The molecule has 0 N–H and O–H groups in total. The number of hydrogen-bond acceptors (Lipinski definition) is 0. The third-order valence-corrected chi connectivity index (χ3v) is 0. The molecule has 0 aromatic rings. The van der Waals surface area contributed by atoms with Crippen molar-refractivity contribution in [2.45, 2.75) is 0 Å². The van der Waals surface area contributed by atoms with Gasteiger partial charge in [-0.3, -0.25) is 0 Å². The van der Waals surface area contributed by atoms with Gasteiger partial charge < -0.3 is 28.2 Å². The van der Waals surface area contributed by atoms with Crippen LogP contribution in [-0.4, -0.2) is 37.7 Å². The SMILES string of the molecule is [Ca+2].[F-].[F-].[F-].[F-].[F-].[F-]. The van der Waals surface area contributed by atoms with Gasteiger partial charge in [0.05, 0.1) is 0 Å². The smallest absolute Gasteiger partial charge is 1.00 e. The van der Waals surface area contributed by atoms with E-state index in [1.807, 2.05) is 0 Å². The van der Waals surface area contributed by atoms with Crippen LogP contribution in [0.4, 0.5) is 0 Å². The summed E-state index contributed by atoms with van der Waals surface area (Å²) in [6.07, 6.45) is 0. The van der Waals surface area contributed by atoms with Crippen LogP contribution in [0.25, 0.3) is 0 Å². The average Bonchev–Trinajstić information content (AvgIpc) is 0. The molecule has 0 rings (SSSR count). The standard InChI is InChI=1S/Ca.6FH/h;6*1H/q+2;;;;;;/p-6. The van der Waals surface area contributed by atoms with Crippen LogP contribution in [0.3, 0.4) is 0 Å². The van der Waals surface area contributed by atoms with Crippen molar-refractivity contribution in [1.82, 2.24) is 0 Å². The van der Waals surface area contributed by atoms with Gasteiger partial charge in [-0.2, -0.15) is 0 Å². The molecule has 0 unspecified atom stereocenters. The summed E-state index contributed by atoms with van der Waals surface area (Å²) in [6.45, 7) is 0. The molecule has 0 amide bonds. The van der Waals surface area contributed by atoms with Gasteiger partial charge in [-0.15, -0.1) is 0 Å². The molecule has 0 nitrogen and oxygen atoms in total. The van der Waals surface area contributed by atoms with Gasteiger partial charge in [-0.05, 0) is 0 Å². The van der Waals surface area contributed by atoms with Crippen molar-refractivity contribution in [2.24, 2.45) is 0 Å². The minimum Gasteiger partial charge on any atom is -1.00 e. The Bertz CT molecular complexity index is 4.14. The zero-order valence-corrected chi connectivity index (χ0v) is 5.18. The average molecular weight is 154 g/mol. The van der Waals surface area contributed by atoms with Gasteiger partial charge in [0, 0.05) is 0 Å². The number of halogens is 6. The van der Waals surface area contributed by atoms with Gasteiger partial charge >= 0.3 is 37.7 Å². The summed E-state index contributed by atoms with van der Waals surface area (Å²) in [4.78, 5) is 0. The fourth-order valence-corrected chi connectivity index (χ4v) is 0. The van der Waals surface area contributed by atoms with Crippen molar-refractivity contribution < 1.29 is 28.2 Å². The van der Waals surface area contributed by atoms with E-state index in [2.05, 4.69) is 0 Å². The predicted octanol–water partition coefficient (Wildman–Crippen LogP) is -18.4. The maximum atomic E-state index is 0. The number of rotatable bonds is 0. The molecule has 0 spiro atoms. The second-order valence-electron chi connectivity index (χ2n) is 0. The summed E-state index contributed by atoms with van der Waals surface area (Å²) < 4.78 is 0. The van der Waals surface area contributed by atoms with Crippen LogP contribution < -0.4 is 28.2 Å². The molecule has 0 aliphatic heterocycles. The van der Waals surface area contributed by atoms with Crippen molar-refractivity contribution in [3.05, 3.63) is 0 Å². The van der Waals surface area contributed by atoms with Crippen LogP contribution in [0.15, 0.2) is 0 Å². The summed E-state index contributed by atoms with van der Waals surface area (Å²) in [5, 5.41) is 0. The molecule has 0 saturated carbocycles. The Balaban J connectivity index is 0. The summed E-state index contributed by atoms with van der Waals surface area (Å²) in [7, 11) is 0. The molecule has 0 radical (unpaired) electrons. The monoisotopic (exact) mass is 154 g/mol. The molecule has 0 aromatic carbocycles. The van der Waals surface area contributed by atoms with E-state index in [1.165, 1.54) is 0 Å². The first kappa shape index (κ1) is 520. The molecule has 0 bridgehead atoms. The van der Waals surface area contributed by atoms with Crippen molar-refractivity contribution >= 4 is 37.7 Å². The third-order valence-electron chi connectivity index (χ3n) is 0. The Hall–Kier alpha value is 0.840. The Morgan fingerprint density at radius 2 is 0.286 bits per heavy atom. The van der Waals surface area contributed by atoms with Crippen LogP contribution in [0.5, 0.6) is 0 Å². The molecule has 0 fully saturated rings. The van der Waals surface area contributed by atoms with E-state index in [1.54, 1.807) is 0 Å². The van der Waals surface area contributed by atoms with Crippen molar-refractivity contribution in [3.8, 4) is 0 Å². The van der Waals surface area contributed by atoms with Crippen molar-refractivity contribution in [1.29, 1.82) is 0 Å². The van der Waals surface area contributed by atoms with Crippen LogP contribution in [-0.2, 0) is 0 Å². The molecule has 7 heteroatoms. The van der Waals surface area contributed by atoms with Gasteiger partial charge in [0.2, 0.25) is 0 Å². The first-order chi connectivity index (χ1) is 0. The maximum absolute atomic E-state index is 0. The Kier molecular flexibility index (Phi) is 24600. The predicted molar refractivity (Wildman–Crippen MR) is 5.75 cm³/mol. The fourth-order valence-electron chi connectivity index (χ4n) is 0. The van der Waals surface area contributed by atoms with Crippen molar-refractivity contribution in [2.75, 3.05) is 0 Å². The molecule has 0 aliphatic carbocycles. The number of hydrogen-bond donors (Lipinski definition) is 0. The molecule has 7 heavy (non-hydrogen) atoms.